The van der Waals surface area contributed by atoms with E-state index in [0.717, 1.165) is 17.3 Å². The Morgan fingerprint density at radius 3 is 2.40 bits per heavy atom. The zero-order valence-electron chi connectivity index (χ0n) is 11.9. The van der Waals surface area contributed by atoms with Crippen LogP contribution in [0.4, 0.5) is 5.69 Å². The van der Waals surface area contributed by atoms with Gasteiger partial charge in [-0.15, -0.1) is 0 Å². The maximum absolute atomic E-state index is 12.0. The zero-order valence-corrected chi connectivity index (χ0v) is 12.7. The van der Waals surface area contributed by atoms with Gasteiger partial charge in [0.25, 0.3) is 10.0 Å². The molecule has 1 rings (SSSR count). The van der Waals surface area contributed by atoms with Crippen molar-refractivity contribution in [1.29, 1.82) is 0 Å². The Kier molecular flexibility index (Phi) is 6.12. The van der Waals surface area contributed by atoms with Crippen LogP contribution in [0.2, 0.25) is 0 Å². The first-order chi connectivity index (χ1) is 9.41. The predicted molar refractivity (Wildman–Crippen MR) is 76.6 cm³/mol. The monoisotopic (exact) mass is 300 g/mol. The third-order valence-electron chi connectivity index (χ3n) is 2.79. The molecule has 1 aromatic carbocycles. The average Bonchev–Trinajstić information content (AvgIpc) is 2.44. The molecule has 0 radical (unpaired) electrons. The summed E-state index contributed by atoms with van der Waals surface area (Å²) >= 11 is 0. The molecule has 0 aliphatic rings. The van der Waals surface area contributed by atoms with E-state index >= 15 is 0 Å². The van der Waals surface area contributed by atoms with Crippen molar-refractivity contribution in [2.75, 3.05) is 19.5 Å². The number of carbonyl (C=O) groups is 1. The number of hydroxylamine groups is 1. The van der Waals surface area contributed by atoms with Gasteiger partial charge in [0.2, 0.25) is 5.91 Å². The van der Waals surface area contributed by atoms with Crippen molar-refractivity contribution in [2.24, 2.45) is 0 Å². The molecule has 0 aromatic heterocycles. The van der Waals surface area contributed by atoms with Crippen LogP contribution < -0.4 is 5.32 Å². The molecule has 0 aliphatic heterocycles. The van der Waals surface area contributed by atoms with Crippen LogP contribution in [0.15, 0.2) is 29.2 Å². The third kappa shape index (κ3) is 4.29. The largest absolute Gasteiger partial charge is 0.326 e. The molecule has 0 saturated carbocycles. The number of rotatable bonds is 7. The number of nitrogens with zero attached hydrogens (tertiary/aromatic N) is 1. The van der Waals surface area contributed by atoms with Gasteiger partial charge in [0.15, 0.2) is 0 Å². The number of unbranched alkanes of at least 4 members (excludes halogenated alkanes) is 1. The lowest BCUT2D eigenvalue weighted by molar-refractivity contribution is -0.116. The molecular weight excluding hydrogens is 280 g/mol. The molecule has 0 fully saturated rings. The Hall–Kier alpha value is -1.44. The van der Waals surface area contributed by atoms with E-state index in [1.807, 2.05) is 6.92 Å². The fourth-order valence-corrected chi connectivity index (χ4v) is 2.49. The normalized spacial score (nSPS) is 11.6. The molecule has 0 spiro atoms. The van der Waals surface area contributed by atoms with E-state index in [0.29, 0.717) is 12.1 Å². The van der Waals surface area contributed by atoms with E-state index in [1.165, 1.54) is 26.3 Å². The summed E-state index contributed by atoms with van der Waals surface area (Å²) in [7, 11) is -1.06. The SMILES string of the molecule is CCCCC(=O)Nc1ccc(S(=O)(=O)N(C)OC)cc1. The fraction of sp³-hybridized carbons (Fsp3) is 0.462. The number of amides is 1. The first kappa shape index (κ1) is 16.6. The van der Waals surface area contributed by atoms with Crippen LogP contribution in [0.25, 0.3) is 0 Å². The zero-order chi connectivity index (χ0) is 15.2. The van der Waals surface area contributed by atoms with Gasteiger partial charge < -0.3 is 5.32 Å². The van der Waals surface area contributed by atoms with Crippen molar-refractivity contribution < 1.29 is 18.0 Å². The maximum atomic E-state index is 12.0. The second-order valence-electron chi connectivity index (χ2n) is 4.27. The minimum absolute atomic E-state index is 0.0727. The summed E-state index contributed by atoms with van der Waals surface area (Å²) in [6, 6.07) is 5.97. The van der Waals surface area contributed by atoms with Gasteiger partial charge in [-0.25, -0.2) is 8.42 Å². The summed E-state index contributed by atoms with van der Waals surface area (Å²) in [4.78, 5) is 16.3. The Balaban J connectivity index is 2.77. The van der Waals surface area contributed by atoms with Crippen molar-refractivity contribution in [3.05, 3.63) is 24.3 Å². The summed E-state index contributed by atoms with van der Waals surface area (Å²) in [6.45, 7) is 2.01. The molecule has 1 amide bonds. The minimum atomic E-state index is -3.65. The number of nitrogens with one attached hydrogen (secondary N) is 1. The smallest absolute Gasteiger partial charge is 0.264 e. The number of hydrogen-bond donors (Lipinski definition) is 1. The molecule has 0 atom stereocenters. The number of hydrogen-bond acceptors (Lipinski definition) is 4. The van der Waals surface area contributed by atoms with Crippen molar-refractivity contribution >= 4 is 21.6 Å². The van der Waals surface area contributed by atoms with E-state index in [2.05, 4.69) is 10.2 Å². The minimum Gasteiger partial charge on any atom is -0.326 e. The highest BCUT2D eigenvalue weighted by Gasteiger charge is 2.20. The van der Waals surface area contributed by atoms with Gasteiger partial charge in [0.1, 0.15) is 0 Å². The molecule has 0 bridgehead atoms. The Labute approximate surface area is 119 Å². The Morgan fingerprint density at radius 2 is 1.90 bits per heavy atom. The average molecular weight is 300 g/mol. The lowest BCUT2D eigenvalue weighted by Crippen LogP contribution is -2.25. The summed E-state index contributed by atoms with van der Waals surface area (Å²) < 4.78 is 24.7. The summed E-state index contributed by atoms with van der Waals surface area (Å²) in [5.41, 5.74) is 0.574. The maximum Gasteiger partial charge on any atom is 0.264 e. The molecule has 112 valence electrons. The highest BCUT2D eigenvalue weighted by atomic mass is 32.2. The topological polar surface area (TPSA) is 75.7 Å². The van der Waals surface area contributed by atoms with Crippen molar-refractivity contribution in [3.63, 3.8) is 0 Å². The highest BCUT2D eigenvalue weighted by Crippen LogP contribution is 2.17. The molecule has 0 aliphatic carbocycles. The molecule has 1 N–H and O–H groups in total. The van der Waals surface area contributed by atoms with Gasteiger partial charge in [-0.2, -0.15) is 0 Å². The highest BCUT2D eigenvalue weighted by molar-refractivity contribution is 7.89. The quantitative estimate of drug-likeness (QED) is 0.781. The van der Waals surface area contributed by atoms with Crippen LogP contribution in [0.5, 0.6) is 0 Å². The van der Waals surface area contributed by atoms with Crippen molar-refractivity contribution in [1.82, 2.24) is 4.47 Å². The van der Waals surface area contributed by atoms with Crippen LogP contribution in [0.3, 0.4) is 0 Å². The van der Waals surface area contributed by atoms with Crippen molar-refractivity contribution in [2.45, 2.75) is 31.1 Å². The molecule has 0 saturated heterocycles. The molecule has 1 aromatic rings. The second-order valence-corrected chi connectivity index (χ2v) is 6.21. The lowest BCUT2D eigenvalue weighted by atomic mass is 10.2. The van der Waals surface area contributed by atoms with E-state index in [9.17, 15) is 13.2 Å². The standard InChI is InChI=1S/C13H20N2O4S/c1-4-5-6-13(16)14-11-7-9-12(10-8-11)20(17,18)15(2)19-3/h7-10H,4-6H2,1-3H3,(H,14,16). The Morgan fingerprint density at radius 1 is 1.30 bits per heavy atom. The van der Waals surface area contributed by atoms with E-state index in [-0.39, 0.29) is 10.8 Å². The van der Waals surface area contributed by atoms with E-state index < -0.39 is 10.0 Å². The number of carbonyl (C=O) groups excluding carboxylic acids is 1. The van der Waals surface area contributed by atoms with Crippen LogP contribution in [0, 0.1) is 0 Å². The van der Waals surface area contributed by atoms with Gasteiger partial charge >= 0.3 is 0 Å². The Bertz CT molecular complexity index is 540. The second kappa shape index (κ2) is 7.37. The molecular formula is C13H20N2O4S. The predicted octanol–water partition coefficient (Wildman–Crippen LogP) is 2.00. The summed E-state index contributed by atoms with van der Waals surface area (Å²) in [5, 5.41) is 2.72. The lowest BCUT2D eigenvalue weighted by Gasteiger charge is -2.14. The first-order valence-corrected chi connectivity index (χ1v) is 7.78. The van der Waals surface area contributed by atoms with E-state index in [1.54, 1.807) is 12.1 Å². The van der Waals surface area contributed by atoms with Crippen molar-refractivity contribution in [3.8, 4) is 0 Å². The number of benzene rings is 1. The molecule has 20 heavy (non-hydrogen) atoms. The molecule has 6 nitrogen and oxygen atoms in total. The van der Waals surface area contributed by atoms with Crippen LogP contribution in [-0.4, -0.2) is 33.0 Å². The first-order valence-electron chi connectivity index (χ1n) is 6.34. The van der Waals surface area contributed by atoms with Gasteiger partial charge in [-0.1, -0.05) is 17.8 Å². The molecule has 0 heterocycles. The van der Waals surface area contributed by atoms with Gasteiger partial charge in [0, 0.05) is 19.2 Å². The third-order valence-corrected chi connectivity index (χ3v) is 4.48. The molecule has 0 unspecified atom stereocenters. The fourth-order valence-electron chi connectivity index (χ4n) is 1.52. The summed E-state index contributed by atoms with van der Waals surface area (Å²) in [5.74, 6) is -0.0727. The van der Waals surface area contributed by atoms with Crippen LogP contribution >= 0.6 is 0 Å². The number of sulfonamides is 1. The number of anilines is 1. The van der Waals surface area contributed by atoms with Crippen LogP contribution in [-0.2, 0) is 19.7 Å². The van der Waals surface area contributed by atoms with Crippen LogP contribution in [0.1, 0.15) is 26.2 Å². The summed E-state index contributed by atoms with van der Waals surface area (Å²) in [6.07, 6.45) is 2.24. The van der Waals surface area contributed by atoms with Gasteiger partial charge in [-0.05, 0) is 30.7 Å². The van der Waals surface area contributed by atoms with E-state index in [4.69, 9.17) is 0 Å². The molecule has 7 heteroatoms. The van der Waals surface area contributed by atoms with Gasteiger partial charge in [-0.3, -0.25) is 9.63 Å². The van der Waals surface area contributed by atoms with Gasteiger partial charge in [0.05, 0.1) is 12.0 Å².